The Morgan fingerprint density at radius 1 is 1.48 bits per heavy atom. The van der Waals surface area contributed by atoms with Gasteiger partial charge in [-0.2, -0.15) is 0 Å². The van der Waals surface area contributed by atoms with E-state index in [1.165, 1.54) is 32.2 Å². The molecule has 0 saturated carbocycles. The maximum Gasteiger partial charge on any atom is 0.328 e. The third-order valence-corrected chi connectivity index (χ3v) is 4.50. The summed E-state index contributed by atoms with van der Waals surface area (Å²) in [5.74, 6) is -1.07. The number of carbonyl (C=O) groups is 2. The van der Waals surface area contributed by atoms with Crippen LogP contribution in [0.15, 0.2) is 29.2 Å². The Morgan fingerprint density at radius 2 is 2.13 bits per heavy atom. The average molecular weight is 352 g/mol. The summed E-state index contributed by atoms with van der Waals surface area (Å²) in [7, 11) is 1.22. The number of benzene rings is 1. The molecule has 0 aromatic heterocycles. The van der Waals surface area contributed by atoms with E-state index >= 15 is 0 Å². The number of rotatable bonds is 4. The Labute approximate surface area is 141 Å². The first-order chi connectivity index (χ1) is 10.9. The van der Waals surface area contributed by atoms with Gasteiger partial charge in [0.25, 0.3) is 11.6 Å². The first-order valence-electron chi connectivity index (χ1n) is 6.45. The van der Waals surface area contributed by atoms with E-state index in [0.717, 1.165) is 16.7 Å². The molecule has 2 rings (SSSR count). The minimum atomic E-state index is -0.857. The zero-order valence-corrected chi connectivity index (χ0v) is 13.8. The average Bonchev–Trinajstić information content (AvgIpc) is 2.80. The molecule has 1 aliphatic rings. The molecule has 1 fully saturated rings. The molecule has 1 atom stereocenters. The molecule has 1 amide bonds. The molecule has 23 heavy (non-hydrogen) atoms. The molecule has 1 aromatic carbocycles. The molecule has 1 aliphatic heterocycles. The number of nitro benzene ring substituents is 1. The molecule has 1 aromatic rings. The number of thiocarbonyl (C=S) groups is 1. The molecule has 0 radical (unpaired) electrons. The summed E-state index contributed by atoms with van der Waals surface area (Å²) in [5, 5.41) is 11.0. The summed E-state index contributed by atoms with van der Waals surface area (Å²) in [6.07, 6.45) is 1.40. The molecule has 1 saturated heterocycles. The van der Waals surface area contributed by atoms with Crippen molar-refractivity contribution in [3.05, 3.63) is 44.8 Å². The normalized spacial score (nSPS) is 17.5. The fourth-order valence-electron chi connectivity index (χ4n) is 2.01. The van der Waals surface area contributed by atoms with Crippen molar-refractivity contribution in [2.24, 2.45) is 0 Å². The summed E-state index contributed by atoms with van der Waals surface area (Å²) >= 11 is 6.12. The maximum absolute atomic E-state index is 12.4. The van der Waals surface area contributed by atoms with Gasteiger partial charge >= 0.3 is 5.97 Å². The second-order valence-electron chi connectivity index (χ2n) is 4.57. The van der Waals surface area contributed by atoms with Crippen LogP contribution in [-0.4, -0.2) is 39.2 Å². The number of methoxy groups -OCH3 is 1. The van der Waals surface area contributed by atoms with Crippen molar-refractivity contribution >= 4 is 51.9 Å². The van der Waals surface area contributed by atoms with Crippen LogP contribution in [0.4, 0.5) is 5.69 Å². The number of ether oxygens (including phenoxy) is 1. The van der Waals surface area contributed by atoms with Gasteiger partial charge in [0.2, 0.25) is 0 Å². The summed E-state index contributed by atoms with van der Waals surface area (Å²) in [5.41, 5.74) is 0.183. The van der Waals surface area contributed by atoms with Crippen molar-refractivity contribution in [1.29, 1.82) is 0 Å². The van der Waals surface area contributed by atoms with E-state index < -0.39 is 22.8 Å². The van der Waals surface area contributed by atoms with Crippen LogP contribution in [0.25, 0.3) is 6.08 Å². The first kappa shape index (κ1) is 17.1. The zero-order valence-electron chi connectivity index (χ0n) is 12.2. The quantitative estimate of drug-likeness (QED) is 0.270. The van der Waals surface area contributed by atoms with Crippen LogP contribution < -0.4 is 0 Å². The molecule has 0 unspecified atom stereocenters. The van der Waals surface area contributed by atoms with Gasteiger partial charge in [0.1, 0.15) is 10.4 Å². The van der Waals surface area contributed by atoms with Crippen LogP contribution >= 0.6 is 24.0 Å². The van der Waals surface area contributed by atoms with Gasteiger partial charge < -0.3 is 4.74 Å². The second-order valence-corrected chi connectivity index (χ2v) is 6.24. The molecular weight excluding hydrogens is 340 g/mol. The molecule has 0 N–H and O–H groups in total. The summed E-state index contributed by atoms with van der Waals surface area (Å²) < 4.78 is 4.82. The lowest BCUT2D eigenvalue weighted by atomic mass is 10.1. The predicted octanol–water partition coefficient (Wildman–Crippen LogP) is 2.36. The summed E-state index contributed by atoms with van der Waals surface area (Å²) in [4.78, 5) is 35.9. The Kier molecular flexibility index (Phi) is 5.12. The van der Waals surface area contributed by atoms with Crippen molar-refractivity contribution < 1.29 is 19.2 Å². The van der Waals surface area contributed by atoms with E-state index in [2.05, 4.69) is 4.74 Å². The van der Waals surface area contributed by atoms with E-state index in [9.17, 15) is 19.7 Å². The fraction of sp³-hybridized carbons (Fsp3) is 0.214. The van der Waals surface area contributed by atoms with E-state index in [0.29, 0.717) is 5.56 Å². The molecule has 0 spiro atoms. The highest BCUT2D eigenvalue weighted by Gasteiger charge is 2.38. The van der Waals surface area contributed by atoms with Gasteiger partial charge in [-0.05, 0) is 19.1 Å². The van der Waals surface area contributed by atoms with Crippen molar-refractivity contribution in [3.63, 3.8) is 0 Å². The van der Waals surface area contributed by atoms with Gasteiger partial charge in [0, 0.05) is 6.07 Å². The van der Waals surface area contributed by atoms with Gasteiger partial charge in [-0.15, -0.1) is 0 Å². The second kappa shape index (κ2) is 6.88. The van der Waals surface area contributed by atoms with Crippen LogP contribution in [0, 0.1) is 10.1 Å². The number of carbonyl (C=O) groups excluding carboxylic acids is 2. The van der Waals surface area contributed by atoms with Crippen LogP contribution in [0.1, 0.15) is 12.5 Å². The van der Waals surface area contributed by atoms with Crippen LogP contribution in [-0.2, 0) is 14.3 Å². The Morgan fingerprint density at radius 3 is 2.74 bits per heavy atom. The van der Waals surface area contributed by atoms with Crippen LogP contribution in [0.2, 0.25) is 0 Å². The third-order valence-electron chi connectivity index (χ3n) is 3.17. The van der Waals surface area contributed by atoms with Gasteiger partial charge in [-0.25, -0.2) is 4.79 Å². The largest absolute Gasteiger partial charge is 0.467 e. The highest BCUT2D eigenvalue weighted by molar-refractivity contribution is 8.26. The van der Waals surface area contributed by atoms with E-state index in [1.54, 1.807) is 12.1 Å². The minimum absolute atomic E-state index is 0.112. The van der Waals surface area contributed by atoms with Gasteiger partial charge in [0.05, 0.1) is 22.5 Å². The SMILES string of the molecule is COC(=O)[C@H](C)N1C(=O)/C(=C/c2ccccc2[N+](=O)[O-])SC1=S. The highest BCUT2D eigenvalue weighted by Crippen LogP contribution is 2.35. The number of hydrogen-bond acceptors (Lipinski definition) is 7. The Balaban J connectivity index is 2.36. The van der Waals surface area contributed by atoms with Crippen LogP contribution in [0.5, 0.6) is 0 Å². The van der Waals surface area contributed by atoms with E-state index in [4.69, 9.17) is 12.2 Å². The monoisotopic (exact) mass is 352 g/mol. The third kappa shape index (κ3) is 3.40. The van der Waals surface area contributed by atoms with Gasteiger partial charge in [-0.3, -0.25) is 19.8 Å². The lowest BCUT2D eigenvalue weighted by Crippen LogP contribution is -2.42. The Bertz CT molecular complexity index is 732. The first-order valence-corrected chi connectivity index (χ1v) is 7.67. The Hall–Kier alpha value is -2.26. The number of hydrogen-bond donors (Lipinski definition) is 0. The topological polar surface area (TPSA) is 89.8 Å². The number of amides is 1. The van der Waals surface area contributed by atoms with Gasteiger partial charge in [-0.1, -0.05) is 36.1 Å². The maximum atomic E-state index is 12.4. The molecule has 9 heteroatoms. The van der Waals surface area contributed by atoms with Gasteiger partial charge in [0.15, 0.2) is 0 Å². The number of thioether (sulfide) groups is 1. The lowest BCUT2D eigenvalue weighted by Gasteiger charge is -2.20. The lowest BCUT2D eigenvalue weighted by molar-refractivity contribution is -0.385. The fourth-order valence-corrected chi connectivity index (χ4v) is 3.42. The smallest absolute Gasteiger partial charge is 0.328 e. The van der Waals surface area contributed by atoms with E-state index in [1.807, 2.05) is 0 Å². The minimum Gasteiger partial charge on any atom is -0.467 e. The highest BCUT2D eigenvalue weighted by atomic mass is 32.2. The van der Waals surface area contributed by atoms with E-state index in [-0.39, 0.29) is 14.9 Å². The standard InChI is InChI=1S/C14H12N2O5S2/c1-8(13(18)21-2)15-12(17)11(23-14(15)22)7-9-5-3-4-6-10(9)16(19)20/h3-8H,1-2H3/b11-7-/t8-/m0/s1. The summed E-state index contributed by atoms with van der Waals surface area (Å²) in [6.45, 7) is 1.50. The predicted molar refractivity (Wildman–Crippen MR) is 89.6 cm³/mol. The number of nitrogens with zero attached hydrogens (tertiary/aromatic N) is 2. The molecular formula is C14H12N2O5S2. The number of nitro groups is 1. The molecule has 120 valence electrons. The van der Waals surface area contributed by atoms with Crippen molar-refractivity contribution in [2.75, 3.05) is 7.11 Å². The zero-order chi connectivity index (χ0) is 17.1. The number of para-hydroxylation sites is 1. The summed E-state index contributed by atoms with van der Waals surface area (Å²) in [6, 6.07) is 5.21. The van der Waals surface area contributed by atoms with Crippen molar-refractivity contribution in [3.8, 4) is 0 Å². The molecule has 1 heterocycles. The van der Waals surface area contributed by atoms with Crippen molar-refractivity contribution in [1.82, 2.24) is 4.90 Å². The molecule has 7 nitrogen and oxygen atoms in total. The van der Waals surface area contributed by atoms with Crippen molar-refractivity contribution in [2.45, 2.75) is 13.0 Å². The molecule has 0 bridgehead atoms. The van der Waals surface area contributed by atoms with Crippen LogP contribution in [0.3, 0.4) is 0 Å². The number of esters is 1. The molecule has 0 aliphatic carbocycles.